The quantitative estimate of drug-likeness (QED) is 0.467. The van der Waals surface area contributed by atoms with E-state index in [1.807, 2.05) is 0 Å². The van der Waals surface area contributed by atoms with Gasteiger partial charge in [0.1, 0.15) is 5.82 Å². The molecule has 0 fully saturated rings. The molecule has 0 aliphatic rings. The third-order valence-electron chi connectivity index (χ3n) is 3.24. The highest BCUT2D eigenvalue weighted by molar-refractivity contribution is 6.49. The maximum atomic E-state index is 14.2. The lowest BCUT2D eigenvalue weighted by atomic mass is 10.0. The average Bonchev–Trinajstić information content (AvgIpc) is 2.88. The van der Waals surface area contributed by atoms with Gasteiger partial charge in [-0.1, -0.05) is 40.9 Å². The van der Waals surface area contributed by atoms with Crippen molar-refractivity contribution in [2.24, 2.45) is 0 Å². The number of rotatable bonds is 2. The van der Waals surface area contributed by atoms with E-state index in [-0.39, 0.29) is 21.0 Å². The molecule has 0 aliphatic carbocycles. The summed E-state index contributed by atoms with van der Waals surface area (Å²) < 4.78 is 14.2. The van der Waals surface area contributed by atoms with Gasteiger partial charge in [0.25, 0.3) is 0 Å². The van der Waals surface area contributed by atoms with E-state index in [1.165, 1.54) is 12.3 Å². The zero-order valence-corrected chi connectivity index (χ0v) is 12.7. The molecule has 6 heteroatoms. The van der Waals surface area contributed by atoms with Crippen LogP contribution in [-0.4, -0.2) is 11.3 Å². The molecule has 21 heavy (non-hydrogen) atoms. The van der Waals surface area contributed by atoms with Crippen molar-refractivity contribution in [3.63, 3.8) is 0 Å². The first-order valence-corrected chi connectivity index (χ1v) is 7.06. The fraction of sp³-hybridized carbons (Fsp3) is 0. The van der Waals surface area contributed by atoms with E-state index in [0.717, 1.165) is 0 Å². The molecule has 2 nitrogen and oxygen atoms in total. The molecule has 1 aromatic heterocycles. The highest BCUT2D eigenvalue weighted by Gasteiger charge is 2.15. The van der Waals surface area contributed by atoms with E-state index in [9.17, 15) is 9.18 Å². The molecule has 0 saturated heterocycles. The normalized spacial score (nSPS) is 11.0. The van der Waals surface area contributed by atoms with Crippen molar-refractivity contribution in [2.45, 2.75) is 0 Å². The maximum Gasteiger partial charge on any atom is 0.152 e. The summed E-state index contributed by atoms with van der Waals surface area (Å²) in [5, 5.41) is 1.06. The zero-order valence-electron chi connectivity index (χ0n) is 10.4. The van der Waals surface area contributed by atoms with Crippen LogP contribution in [0.25, 0.3) is 22.0 Å². The monoisotopic (exact) mass is 341 g/mol. The van der Waals surface area contributed by atoms with Crippen molar-refractivity contribution in [3.05, 3.63) is 56.9 Å². The van der Waals surface area contributed by atoms with Crippen molar-refractivity contribution in [2.75, 3.05) is 0 Å². The number of fused-ring (bicyclic) bond motifs is 1. The number of H-pyrrole nitrogens is 1. The Labute approximate surface area is 134 Å². The average molecular weight is 343 g/mol. The largest absolute Gasteiger partial charge is 0.360 e. The lowest BCUT2D eigenvalue weighted by Crippen LogP contribution is -1.87. The van der Waals surface area contributed by atoms with Crippen LogP contribution < -0.4 is 0 Å². The minimum Gasteiger partial charge on any atom is -0.360 e. The summed E-state index contributed by atoms with van der Waals surface area (Å²) in [7, 11) is 0. The summed E-state index contributed by atoms with van der Waals surface area (Å²) in [6, 6.07) is 6.28. The summed E-state index contributed by atoms with van der Waals surface area (Å²) in [6.45, 7) is 0. The van der Waals surface area contributed by atoms with E-state index in [0.29, 0.717) is 28.0 Å². The van der Waals surface area contributed by atoms with Crippen molar-refractivity contribution >= 4 is 52.0 Å². The predicted molar refractivity (Wildman–Crippen MR) is 84.1 cm³/mol. The number of benzene rings is 2. The van der Waals surface area contributed by atoms with Crippen LogP contribution in [0.3, 0.4) is 0 Å². The summed E-state index contributed by atoms with van der Waals surface area (Å²) in [5.74, 6) is -0.506. The second-order valence-electron chi connectivity index (χ2n) is 4.47. The van der Waals surface area contributed by atoms with Crippen molar-refractivity contribution < 1.29 is 9.18 Å². The van der Waals surface area contributed by atoms with Gasteiger partial charge in [-0.2, -0.15) is 0 Å². The minimum atomic E-state index is -0.506. The van der Waals surface area contributed by atoms with E-state index in [1.54, 1.807) is 18.2 Å². The SMILES string of the molecule is O=Cc1c[nH]c2cc(-c3ccc(Cl)c(Cl)c3Cl)cc(F)c12. The maximum absolute atomic E-state index is 14.2. The van der Waals surface area contributed by atoms with E-state index < -0.39 is 5.82 Å². The molecule has 0 aliphatic heterocycles. The molecule has 3 rings (SSSR count). The van der Waals surface area contributed by atoms with Gasteiger partial charge in [-0.25, -0.2) is 4.39 Å². The van der Waals surface area contributed by atoms with E-state index >= 15 is 0 Å². The van der Waals surface area contributed by atoms with Gasteiger partial charge in [0.2, 0.25) is 0 Å². The van der Waals surface area contributed by atoms with Crippen LogP contribution in [0.15, 0.2) is 30.5 Å². The molecule has 0 amide bonds. The van der Waals surface area contributed by atoms with Crippen LogP contribution in [0, 0.1) is 5.82 Å². The molecule has 0 bridgehead atoms. The van der Waals surface area contributed by atoms with Crippen molar-refractivity contribution in [1.82, 2.24) is 4.98 Å². The number of nitrogens with one attached hydrogen (secondary N) is 1. The number of aromatic amines is 1. The first kappa shape index (κ1) is 14.4. The van der Waals surface area contributed by atoms with Crippen LogP contribution in [0.5, 0.6) is 0 Å². The fourth-order valence-corrected chi connectivity index (χ4v) is 2.88. The Balaban J connectivity index is 2.27. The molecule has 1 heterocycles. The van der Waals surface area contributed by atoms with Crippen LogP contribution >= 0.6 is 34.8 Å². The summed E-state index contributed by atoms with van der Waals surface area (Å²) in [4.78, 5) is 13.7. The van der Waals surface area contributed by atoms with Crippen LogP contribution in [0.1, 0.15) is 10.4 Å². The molecular formula is C15H7Cl3FNO. The Bertz CT molecular complexity index is 873. The Morgan fingerprint density at radius 2 is 1.86 bits per heavy atom. The fourth-order valence-electron chi connectivity index (χ4n) is 2.24. The first-order valence-electron chi connectivity index (χ1n) is 5.92. The standard InChI is InChI=1S/C15H7Cl3FNO/c16-10-2-1-9(14(17)15(10)18)7-3-11(19)13-8(6-21)5-20-12(13)4-7/h1-6,20H. The van der Waals surface area contributed by atoms with Crippen molar-refractivity contribution in [3.8, 4) is 11.1 Å². The number of hydrogen-bond donors (Lipinski definition) is 1. The van der Waals surface area contributed by atoms with Gasteiger partial charge >= 0.3 is 0 Å². The van der Waals surface area contributed by atoms with Gasteiger partial charge in [-0.15, -0.1) is 0 Å². The first-order chi connectivity index (χ1) is 10.0. The molecule has 1 N–H and O–H groups in total. The van der Waals surface area contributed by atoms with Gasteiger partial charge < -0.3 is 4.98 Å². The Morgan fingerprint density at radius 3 is 2.57 bits per heavy atom. The summed E-state index contributed by atoms with van der Waals surface area (Å²) in [5.41, 5.74) is 1.89. The Hall–Kier alpha value is -1.55. The zero-order chi connectivity index (χ0) is 15.1. The van der Waals surface area contributed by atoms with Gasteiger partial charge in [0, 0.05) is 28.2 Å². The molecule has 0 saturated carbocycles. The molecule has 0 unspecified atom stereocenters. The second kappa shape index (κ2) is 5.34. The second-order valence-corrected chi connectivity index (χ2v) is 5.63. The molecule has 0 atom stereocenters. The number of carbonyl (C=O) groups excluding carboxylic acids is 1. The lowest BCUT2D eigenvalue weighted by Gasteiger charge is -2.08. The van der Waals surface area contributed by atoms with Gasteiger partial charge in [0.05, 0.1) is 15.1 Å². The minimum absolute atomic E-state index is 0.219. The number of aldehydes is 1. The van der Waals surface area contributed by atoms with Crippen LogP contribution in [0.2, 0.25) is 15.1 Å². The van der Waals surface area contributed by atoms with E-state index in [4.69, 9.17) is 34.8 Å². The molecule has 0 spiro atoms. The third-order valence-corrected chi connectivity index (χ3v) is 4.53. The molecule has 106 valence electrons. The van der Waals surface area contributed by atoms with Crippen LogP contribution in [-0.2, 0) is 0 Å². The molecule has 2 aromatic carbocycles. The van der Waals surface area contributed by atoms with Crippen LogP contribution in [0.4, 0.5) is 4.39 Å². The summed E-state index contributed by atoms with van der Waals surface area (Å²) >= 11 is 18.1. The smallest absolute Gasteiger partial charge is 0.152 e. The Morgan fingerprint density at radius 1 is 1.10 bits per heavy atom. The number of halogens is 4. The molecule has 3 aromatic rings. The van der Waals surface area contributed by atoms with Gasteiger partial charge in [-0.05, 0) is 23.8 Å². The number of hydrogen-bond acceptors (Lipinski definition) is 1. The molecular weight excluding hydrogens is 336 g/mol. The van der Waals surface area contributed by atoms with Gasteiger partial charge in [0.15, 0.2) is 6.29 Å². The predicted octanol–water partition coefficient (Wildman–Crippen LogP) is 5.75. The topological polar surface area (TPSA) is 32.9 Å². The van der Waals surface area contributed by atoms with Crippen molar-refractivity contribution in [1.29, 1.82) is 0 Å². The highest BCUT2D eigenvalue weighted by Crippen LogP contribution is 2.39. The Kier molecular flexibility index (Phi) is 3.66. The third kappa shape index (κ3) is 2.31. The highest BCUT2D eigenvalue weighted by atomic mass is 35.5. The molecule has 0 radical (unpaired) electrons. The lowest BCUT2D eigenvalue weighted by molar-refractivity contribution is 0.112. The summed E-state index contributed by atoms with van der Waals surface area (Å²) in [6.07, 6.45) is 2.06. The number of carbonyl (C=O) groups is 1. The van der Waals surface area contributed by atoms with Gasteiger partial charge in [-0.3, -0.25) is 4.79 Å². The number of aromatic nitrogens is 1. The van der Waals surface area contributed by atoms with E-state index in [2.05, 4.69) is 4.98 Å².